The maximum Gasteiger partial charge on any atom is 0.143 e. The quantitative estimate of drug-likeness (QED) is 0.549. The Morgan fingerprint density at radius 2 is 2.05 bits per heavy atom. The standard InChI is InChI=1S/C17H22BrF2N/c1-2-21-13(10-12-6-4-3-5-7-12)11-14-16(19)9-8-15(18)17(14)20/h6,8-9,13,21H,2-5,7,10-11H2,1H3. The number of hydrogen-bond donors (Lipinski definition) is 1. The van der Waals surface area contributed by atoms with Crippen LogP contribution in [0.4, 0.5) is 8.78 Å². The SMILES string of the molecule is CCNC(CC1=CCCCC1)Cc1c(F)ccc(Br)c1F. The van der Waals surface area contributed by atoms with Crippen LogP contribution < -0.4 is 5.32 Å². The lowest BCUT2D eigenvalue weighted by atomic mass is 9.91. The Labute approximate surface area is 133 Å². The highest BCUT2D eigenvalue weighted by molar-refractivity contribution is 9.10. The van der Waals surface area contributed by atoms with E-state index in [4.69, 9.17) is 0 Å². The van der Waals surface area contributed by atoms with E-state index in [9.17, 15) is 8.78 Å². The van der Waals surface area contributed by atoms with Gasteiger partial charge in [0.05, 0.1) is 4.47 Å². The Kier molecular flexibility index (Phi) is 6.37. The van der Waals surface area contributed by atoms with Crippen LogP contribution in [-0.4, -0.2) is 12.6 Å². The van der Waals surface area contributed by atoms with Crippen LogP contribution >= 0.6 is 15.9 Å². The van der Waals surface area contributed by atoms with Gasteiger partial charge in [-0.2, -0.15) is 0 Å². The molecule has 1 aromatic carbocycles. The lowest BCUT2D eigenvalue weighted by Gasteiger charge is -2.22. The van der Waals surface area contributed by atoms with Crippen LogP contribution in [0.15, 0.2) is 28.3 Å². The van der Waals surface area contributed by atoms with E-state index < -0.39 is 11.6 Å². The van der Waals surface area contributed by atoms with E-state index in [-0.39, 0.29) is 11.6 Å². The summed E-state index contributed by atoms with van der Waals surface area (Å²) in [5, 5.41) is 3.36. The van der Waals surface area contributed by atoms with Gasteiger partial charge in [0.25, 0.3) is 0 Å². The van der Waals surface area contributed by atoms with Crippen molar-refractivity contribution in [2.45, 2.75) is 51.5 Å². The monoisotopic (exact) mass is 357 g/mol. The average molecular weight is 358 g/mol. The fourth-order valence-electron chi connectivity index (χ4n) is 2.91. The molecule has 0 fully saturated rings. The normalized spacial score (nSPS) is 16.7. The minimum atomic E-state index is -0.476. The molecule has 1 N–H and O–H groups in total. The zero-order chi connectivity index (χ0) is 15.2. The lowest BCUT2D eigenvalue weighted by Crippen LogP contribution is -2.32. The molecule has 0 amide bonds. The Hall–Kier alpha value is -0.740. The van der Waals surface area contributed by atoms with E-state index in [2.05, 4.69) is 27.3 Å². The molecule has 1 aromatic rings. The average Bonchev–Trinajstić information content (AvgIpc) is 2.49. The topological polar surface area (TPSA) is 12.0 Å². The van der Waals surface area contributed by atoms with Gasteiger partial charge in [-0.1, -0.05) is 18.6 Å². The molecule has 0 radical (unpaired) electrons. The number of allylic oxidation sites excluding steroid dienone is 1. The minimum absolute atomic E-state index is 0.0812. The molecule has 0 aliphatic heterocycles. The van der Waals surface area contributed by atoms with Crippen molar-refractivity contribution in [3.63, 3.8) is 0 Å². The van der Waals surface area contributed by atoms with Crippen molar-refractivity contribution in [2.75, 3.05) is 6.54 Å². The van der Waals surface area contributed by atoms with Gasteiger partial charge in [0, 0.05) is 11.6 Å². The van der Waals surface area contributed by atoms with E-state index in [1.54, 1.807) is 0 Å². The second kappa shape index (κ2) is 8.04. The van der Waals surface area contributed by atoms with E-state index in [1.165, 1.54) is 30.5 Å². The Balaban J connectivity index is 2.12. The molecule has 116 valence electrons. The van der Waals surface area contributed by atoms with Crippen LogP contribution in [0, 0.1) is 11.6 Å². The zero-order valence-corrected chi connectivity index (χ0v) is 14.0. The zero-order valence-electron chi connectivity index (χ0n) is 12.4. The summed E-state index contributed by atoms with van der Waals surface area (Å²) in [5.74, 6) is -0.938. The molecule has 21 heavy (non-hydrogen) atoms. The fraction of sp³-hybridized carbons (Fsp3) is 0.529. The fourth-order valence-corrected chi connectivity index (χ4v) is 3.29. The van der Waals surface area contributed by atoms with Gasteiger partial charge in [0.15, 0.2) is 0 Å². The van der Waals surface area contributed by atoms with E-state index in [1.807, 2.05) is 6.92 Å². The summed E-state index contributed by atoms with van der Waals surface area (Å²) in [6.45, 7) is 2.82. The van der Waals surface area contributed by atoms with Crippen LogP contribution in [0.1, 0.15) is 44.6 Å². The molecule has 0 spiro atoms. The van der Waals surface area contributed by atoms with Gasteiger partial charge in [-0.15, -0.1) is 0 Å². The second-order valence-electron chi connectivity index (χ2n) is 5.59. The molecule has 2 rings (SSSR count). The first-order valence-corrected chi connectivity index (χ1v) is 8.44. The number of likely N-dealkylation sites (N-methyl/N-ethyl adjacent to an activating group) is 1. The molecule has 0 heterocycles. The van der Waals surface area contributed by atoms with Crippen LogP contribution in [0.2, 0.25) is 0 Å². The van der Waals surface area contributed by atoms with Crippen molar-refractivity contribution in [1.82, 2.24) is 5.32 Å². The minimum Gasteiger partial charge on any atom is -0.314 e. The summed E-state index contributed by atoms with van der Waals surface area (Å²) in [7, 11) is 0. The summed E-state index contributed by atoms with van der Waals surface area (Å²) >= 11 is 3.13. The summed E-state index contributed by atoms with van der Waals surface area (Å²) in [6.07, 6.45) is 8.27. The van der Waals surface area contributed by atoms with Crippen molar-refractivity contribution < 1.29 is 8.78 Å². The summed E-state index contributed by atoms with van der Waals surface area (Å²) in [6, 6.07) is 2.82. The second-order valence-corrected chi connectivity index (χ2v) is 6.45. The van der Waals surface area contributed by atoms with Gasteiger partial charge in [0.1, 0.15) is 11.6 Å². The van der Waals surface area contributed by atoms with Gasteiger partial charge in [-0.05, 0) is 73.1 Å². The number of halogens is 3. The molecule has 0 saturated heterocycles. The summed E-state index contributed by atoms with van der Waals surface area (Å²) < 4.78 is 28.3. The first-order valence-electron chi connectivity index (χ1n) is 7.65. The Morgan fingerprint density at radius 3 is 2.71 bits per heavy atom. The largest absolute Gasteiger partial charge is 0.314 e. The molecular weight excluding hydrogens is 336 g/mol. The molecule has 1 aliphatic carbocycles. The van der Waals surface area contributed by atoms with Crippen LogP contribution in [0.5, 0.6) is 0 Å². The number of nitrogens with one attached hydrogen (secondary N) is 1. The van der Waals surface area contributed by atoms with Gasteiger partial charge in [0.2, 0.25) is 0 Å². The predicted octanol–water partition coefficient (Wildman–Crippen LogP) is 5.14. The van der Waals surface area contributed by atoms with Crippen molar-refractivity contribution in [2.24, 2.45) is 0 Å². The number of hydrogen-bond acceptors (Lipinski definition) is 1. The van der Waals surface area contributed by atoms with Crippen LogP contribution in [0.3, 0.4) is 0 Å². The number of rotatable bonds is 6. The maximum atomic E-state index is 14.1. The third-order valence-corrected chi connectivity index (χ3v) is 4.59. The molecule has 0 bridgehead atoms. The van der Waals surface area contributed by atoms with Crippen LogP contribution in [-0.2, 0) is 6.42 Å². The highest BCUT2D eigenvalue weighted by atomic mass is 79.9. The van der Waals surface area contributed by atoms with Crippen molar-refractivity contribution in [1.29, 1.82) is 0 Å². The van der Waals surface area contributed by atoms with E-state index >= 15 is 0 Å². The smallest absolute Gasteiger partial charge is 0.143 e. The van der Waals surface area contributed by atoms with Gasteiger partial charge < -0.3 is 5.32 Å². The molecule has 1 aliphatic rings. The van der Waals surface area contributed by atoms with Crippen molar-refractivity contribution in [3.8, 4) is 0 Å². The van der Waals surface area contributed by atoms with Crippen LogP contribution in [0.25, 0.3) is 0 Å². The third-order valence-electron chi connectivity index (χ3n) is 3.98. The number of benzene rings is 1. The first-order chi connectivity index (χ1) is 10.1. The van der Waals surface area contributed by atoms with Gasteiger partial charge >= 0.3 is 0 Å². The van der Waals surface area contributed by atoms with Crippen molar-refractivity contribution >= 4 is 15.9 Å². The lowest BCUT2D eigenvalue weighted by molar-refractivity contribution is 0.473. The molecular formula is C17H22BrF2N. The summed E-state index contributed by atoms with van der Waals surface area (Å²) in [4.78, 5) is 0. The Morgan fingerprint density at radius 1 is 1.24 bits per heavy atom. The molecule has 0 saturated carbocycles. The molecule has 1 unspecified atom stereocenters. The van der Waals surface area contributed by atoms with E-state index in [0.29, 0.717) is 10.9 Å². The highest BCUT2D eigenvalue weighted by Gasteiger charge is 2.19. The molecule has 4 heteroatoms. The summed E-state index contributed by atoms with van der Waals surface area (Å²) in [5.41, 5.74) is 1.59. The van der Waals surface area contributed by atoms with E-state index in [0.717, 1.165) is 25.8 Å². The van der Waals surface area contributed by atoms with Gasteiger partial charge in [-0.25, -0.2) is 8.78 Å². The molecule has 1 atom stereocenters. The van der Waals surface area contributed by atoms with Crippen molar-refractivity contribution in [3.05, 3.63) is 45.5 Å². The predicted molar refractivity (Wildman–Crippen MR) is 86.4 cm³/mol. The Bertz CT molecular complexity index is 514. The highest BCUT2D eigenvalue weighted by Crippen LogP contribution is 2.26. The molecule has 1 nitrogen and oxygen atoms in total. The maximum absolute atomic E-state index is 14.1. The first kappa shape index (κ1) is 16.6. The molecule has 0 aromatic heterocycles. The third kappa shape index (κ3) is 4.62. The van der Waals surface area contributed by atoms with Gasteiger partial charge in [-0.3, -0.25) is 0 Å².